The van der Waals surface area contributed by atoms with E-state index >= 15 is 0 Å². The van der Waals surface area contributed by atoms with Crippen molar-refractivity contribution in [3.8, 4) is 0 Å². The molecule has 0 aliphatic carbocycles. The van der Waals surface area contributed by atoms with Gasteiger partial charge in [0.25, 0.3) is 0 Å². The summed E-state index contributed by atoms with van der Waals surface area (Å²) in [5.41, 5.74) is 1.14. The van der Waals surface area contributed by atoms with Crippen LogP contribution in [0.25, 0.3) is 0 Å². The van der Waals surface area contributed by atoms with Gasteiger partial charge < -0.3 is 8.99 Å². The number of nitrogens with zero attached hydrogens (tertiary/aromatic N) is 1. The molecule has 1 amide bonds. The molecule has 0 aliphatic heterocycles. The van der Waals surface area contributed by atoms with Crippen molar-refractivity contribution < 1.29 is 9.22 Å². The fraction of sp³-hybridized carbons (Fsp3) is 0.364. The molecular formula is C11H19NO2Si2. The van der Waals surface area contributed by atoms with E-state index in [0.29, 0.717) is 16.9 Å². The molecule has 0 spiro atoms. The lowest BCUT2D eigenvalue weighted by atomic mass is 10.2. The van der Waals surface area contributed by atoms with Crippen molar-refractivity contribution in [2.24, 2.45) is 0 Å². The molecule has 0 bridgehead atoms. The summed E-state index contributed by atoms with van der Waals surface area (Å²) in [6, 6.07) is 9.98. The fourth-order valence-electron chi connectivity index (χ4n) is 1.26. The third-order valence-corrected chi connectivity index (χ3v) is 3.44. The van der Waals surface area contributed by atoms with Gasteiger partial charge in [0.15, 0.2) is 0 Å². The average molecular weight is 253 g/mol. The smallest absolute Gasteiger partial charge is 0.387 e. The SMILES string of the molecule is C[Si](C)(C)OC(=O)N([SiH3])Cc1ccccc1. The Morgan fingerprint density at radius 1 is 1.31 bits per heavy atom. The molecule has 0 N–H and O–H groups in total. The lowest BCUT2D eigenvalue weighted by molar-refractivity contribution is 0.176. The maximum Gasteiger partial charge on any atom is 0.387 e. The second kappa shape index (κ2) is 5.31. The predicted octanol–water partition coefficient (Wildman–Crippen LogP) is 1.74. The Balaban J connectivity index is 2.53. The number of carbonyl (C=O) groups is 1. The zero-order valence-electron chi connectivity index (χ0n) is 10.4. The summed E-state index contributed by atoms with van der Waals surface area (Å²) >= 11 is 0. The van der Waals surface area contributed by atoms with Gasteiger partial charge in [-0.25, -0.2) is 4.79 Å². The molecule has 0 unspecified atom stereocenters. The number of amides is 1. The van der Waals surface area contributed by atoms with Crippen LogP contribution in [0.1, 0.15) is 5.56 Å². The highest BCUT2D eigenvalue weighted by Crippen LogP contribution is 2.08. The third kappa shape index (κ3) is 4.63. The van der Waals surface area contributed by atoms with Crippen LogP contribution in [0.15, 0.2) is 30.3 Å². The Kier molecular flexibility index (Phi) is 4.31. The van der Waals surface area contributed by atoms with Crippen LogP contribution < -0.4 is 0 Å². The van der Waals surface area contributed by atoms with Crippen molar-refractivity contribution >= 4 is 24.8 Å². The van der Waals surface area contributed by atoms with Crippen molar-refractivity contribution in [2.45, 2.75) is 26.2 Å². The molecule has 0 fully saturated rings. The molecule has 0 heterocycles. The van der Waals surface area contributed by atoms with Crippen molar-refractivity contribution in [3.05, 3.63) is 35.9 Å². The summed E-state index contributed by atoms with van der Waals surface area (Å²) in [7, 11) is -1.09. The molecule has 0 radical (unpaired) electrons. The van der Waals surface area contributed by atoms with Crippen molar-refractivity contribution in [3.63, 3.8) is 0 Å². The molecule has 1 rings (SSSR count). The van der Waals surface area contributed by atoms with E-state index in [2.05, 4.69) is 0 Å². The summed E-state index contributed by atoms with van der Waals surface area (Å²) < 4.78 is 7.18. The van der Waals surface area contributed by atoms with Crippen molar-refractivity contribution in [2.75, 3.05) is 0 Å². The van der Waals surface area contributed by atoms with Gasteiger partial charge >= 0.3 is 6.09 Å². The molecule has 0 aromatic heterocycles. The summed E-state index contributed by atoms with van der Waals surface area (Å²) in [5, 5.41) is 0. The number of hydrogen-bond donors (Lipinski definition) is 0. The van der Waals surface area contributed by atoms with E-state index in [1.807, 2.05) is 50.0 Å². The Labute approximate surface area is 101 Å². The molecule has 0 saturated carbocycles. The third-order valence-electron chi connectivity index (χ3n) is 1.97. The molecule has 0 saturated heterocycles. The second-order valence-electron chi connectivity index (χ2n) is 4.82. The van der Waals surface area contributed by atoms with Gasteiger partial charge in [0.05, 0.1) is 0 Å². The van der Waals surface area contributed by atoms with Gasteiger partial charge in [0.2, 0.25) is 8.32 Å². The first-order valence-electron chi connectivity index (χ1n) is 5.36. The normalized spacial score (nSPS) is 11.2. The number of hydrogen-bond acceptors (Lipinski definition) is 2. The van der Waals surface area contributed by atoms with Gasteiger partial charge in [0.1, 0.15) is 10.4 Å². The molecule has 1 aromatic rings. The molecule has 0 atom stereocenters. The van der Waals surface area contributed by atoms with E-state index in [-0.39, 0.29) is 6.09 Å². The van der Waals surface area contributed by atoms with Gasteiger partial charge in [-0.05, 0) is 25.2 Å². The van der Waals surface area contributed by atoms with E-state index in [1.165, 1.54) is 0 Å². The van der Waals surface area contributed by atoms with Crippen molar-refractivity contribution in [1.82, 2.24) is 4.57 Å². The summed E-state index contributed by atoms with van der Waals surface area (Å²) in [6.07, 6.45) is -0.172. The first-order chi connectivity index (χ1) is 7.38. The van der Waals surface area contributed by atoms with Crippen LogP contribution >= 0.6 is 0 Å². The zero-order chi connectivity index (χ0) is 12.2. The Morgan fingerprint density at radius 3 is 2.38 bits per heavy atom. The summed E-state index contributed by atoms with van der Waals surface area (Å²) in [6.45, 7) is 6.70. The van der Waals surface area contributed by atoms with Crippen LogP contribution in [-0.2, 0) is 11.0 Å². The minimum Gasteiger partial charge on any atom is -0.505 e. The Morgan fingerprint density at radius 2 is 1.88 bits per heavy atom. The monoisotopic (exact) mass is 253 g/mol. The van der Waals surface area contributed by atoms with Gasteiger partial charge in [0, 0.05) is 6.54 Å². The van der Waals surface area contributed by atoms with E-state index in [9.17, 15) is 4.79 Å². The molecule has 0 aliphatic rings. The van der Waals surface area contributed by atoms with Crippen LogP contribution in [0.4, 0.5) is 4.79 Å². The summed E-state index contributed by atoms with van der Waals surface area (Å²) in [5.74, 6) is 0. The first kappa shape index (κ1) is 13.0. The fourth-order valence-corrected chi connectivity index (χ4v) is 2.58. The lowest BCUT2D eigenvalue weighted by Gasteiger charge is -2.24. The molecular weight excluding hydrogens is 234 g/mol. The maximum atomic E-state index is 11.7. The highest BCUT2D eigenvalue weighted by atomic mass is 28.4. The second-order valence-corrected chi connectivity index (χ2v) is 10.3. The molecule has 16 heavy (non-hydrogen) atoms. The number of carbonyl (C=O) groups excluding carboxylic acids is 1. The maximum absolute atomic E-state index is 11.7. The van der Waals surface area contributed by atoms with Crippen LogP contribution in [0, 0.1) is 0 Å². The molecule has 1 aromatic carbocycles. The van der Waals surface area contributed by atoms with Crippen LogP contribution in [-0.4, -0.2) is 29.4 Å². The number of benzene rings is 1. The zero-order valence-corrected chi connectivity index (χ0v) is 13.4. The van der Waals surface area contributed by atoms with Gasteiger partial charge in [-0.2, -0.15) is 0 Å². The highest BCUT2D eigenvalue weighted by molar-refractivity contribution is 6.71. The van der Waals surface area contributed by atoms with E-state index in [4.69, 9.17) is 4.43 Å². The van der Waals surface area contributed by atoms with Crippen molar-refractivity contribution in [1.29, 1.82) is 0 Å². The minimum atomic E-state index is -1.77. The first-order valence-corrected chi connectivity index (χ1v) is 9.67. The Hall–Kier alpha value is -1.08. The van der Waals surface area contributed by atoms with Gasteiger partial charge in [-0.3, -0.25) is 0 Å². The van der Waals surface area contributed by atoms with Crippen LogP contribution in [0.3, 0.4) is 0 Å². The van der Waals surface area contributed by atoms with E-state index < -0.39 is 8.32 Å². The molecule has 88 valence electrons. The topological polar surface area (TPSA) is 29.5 Å². The Bertz CT molecular complexity index is 349. The van der Waals surface area contributed by atoms with E-state index in [0.717, 1.165) is 5.56 Å². The van der Waals surface area contributed by atoms with Gasteiger partial charge in [-0.15, -0.1) is 0 Å². The summed E-state index contributed by atoms with van der Waals surface area (Å²) in [4.78, 5) is 11.7. The largest absolute Gasteiger partial charge is 0.505 e. The van der Waals surface area contributed by atoms with Crippen LogP contribution in [0.2, 0.25) is 19.6 Å². The predicted molar refractivity (Wildman–Crippen MR) is 71.8 cm³/mol. The minimum absolute atomic E-state index is 0.172. The molecule has 3 nitrogen and oxygen atoms in total. The highest BCUT2D eigenvalue weighted by Gasteiger charge is 2.21. The molecule has 5 heteroatoms. The number of rotatable bonds is 3. The quantitative estimate of drug-likeness (QED) is 0.768. The van der Waals surface area contributed by atoms with Gasteiger partial charge in [-0.1, -0.05) is 30.3 Å². The lowest BCUT2D eigenvalue weighted by Crippen LogP contribution is -2.37. The van der Waals surface area contributed by atoms with Crippen LogP contribution in [0.5, 0.6) is 0 Å². The standard InChI is InChI=1S/C11H19NO2Si2/c1-16(2,3)14-11(13)12(15)9-10-7-5-4-6-8-10/h4-8H,9H2,1-3,15H3. The average Bonchev–Trinajstić information content (AvgIpc) is 2.16. The van der Waals surface area contributed by atoms with E-state index in [1.54, 1.807) is 4.57 Å².